The van der Waals surface area contributed by atoms with Crippen molar-refractivity contribution >= 4 is 0 Å². The molecule has 0 fully saturated rings. The van der Waals surface area contributed by atoms with Crippen LogP contribution in [-0.4, -0.2) is 20.8 Å². The lowest BCUT2D eigenvalue weighted by Crippen LogP contribution is -2.10. The number of hydrogen-bond acceptors (Lipinski definition) is 4. The van der Waals surface area contributed by atoms with Crippen molar-refractivity contribution in [3.8, 4) is 11.5 Å². The van der Waals surface area contributed by atoms with Crippen LogP contribution < -0.4 is 15.0 Å². The first-order chi connectivity index (χ1) is 7.35. The van der Waals surface area contributed by atoms with Crippen molar-refractivity contribution in [3.63, 3.8) is 0 Å². The molecule has 0 bridgehead atoms. The topological polar surface area (TPSA) is 39.7 Å². The van der Waals surface area contributed by atoms with Crippen molar-refractivity contribution in [2.24, 2.45) is 0 Å². The maximum absolute atomic E-state index is 5.50. The number of ether oxygens (including phenoxy) is 2. The molecule has 0 unspecified atom stereocenters. The van der Waals surface area contributed by atoms with E-state index in [0.29, 0.717) is 6.54 Å². The summed E-state index contributed by atoms with van der Waals surface area (Å²) in [6.07, 6.45) is 0.951. The molecule has 15 heavy (non-hydrogen) atoms. The van der Waals surface area contributed by atoms with Crippen molar-refractivity contribution in [1.29, 1.82) is 0 Å². The minimum atomic E-state index is 0.667. The Kier molecular flexibility index (Phi) is 3.08. The van der Waals surface area contributed by atoms with Gasteiger partial charge in [-0.1, -0.05) is 6.07 Å². The molecule has 0 atom stereocenters. The normalized spacial score (nSPS) is 13.5. The molecule has 0 saturated heterocycles. The number of hydroxylamine groups is 1. The highest BCUT2D eigenvalue weighted by molar-refractivity contribution is 5.51. The lowest BCUT2D eigenvalue weighted by molar-refractivity contribution is 0.0866. The lowest BCUT2D eigenvalue weighted by Gasteiger charge is -2.09. The van der Waals surface area contributed by atoms with Crippen LogP contribution in [0.15, 0.2) is 12.1 Å². The van der Waals surface area contributed by atoms with Gasteiger partial charge in [-0.2, -0.15) is 5.48 Å². The molecule has 1 aliphatic heterocycles. The quantitative estimate of drug-likeness (QED) is 0.758. The van der Waals surface area contributed by atoms with Gasteiger partial charge in [0.1, 0.15) is 0 Å². The Morgan fingerprint density at radius 1 is 1.40 bits per heavy atom. The third-order valence-corrected chi connectivity index (χ3v) is 2.45. The molecule has 0 radical (unpaired) electrons. The molecular formula is C11H15NO3. The van der Waals surface area contributed by atoms with Crippen LogP contribution in [0.3, 0.4) is 0 Å². The molecule has 1 aliphatic rings. The standard InChI is InChI=1S/C11H15NO3/c1-13-10-6-8(7-12-14-2)5-9-3-4-15-11(9)10/h5-6,12H,3-4,7H2,1-2H3. The molecule has 0 saturated carbocycles. The van der Waals surface area contributed by atoms with Crippen molar-refractivity contribution in [1.82, 2.24) is 5.48 Å². The minimum Gasteiger partial charge on any atom is -0.493 e. The highest BCUT2D eigenvalue weighted by Crippen LogP contribution is 2.36. The van der Waals surface area contributed by atoms with E-state index in [4.69, 9.17) is 14.3 Å². The Balaban J connectivity index is 2.26. The molecule has 2 rings (SSSR count). The number of rotatable bonds is 4. The number of nitrogens with one attached hydrogen (secondary N) is 1. The summed E-state index contributed by atoms with van der Waals surface area (Å²) in [5.74, 6) is 1.69. The predicted molar refractivity (Wildman–Crippen MR) is 56.0 cm³/mol. The highest BCUT2D eigenvalue weighted by Gasteiger charge is 2.18. The largest absolute Gasteiger partial charge is 0.493 e. The van der Waals surface area contributed by atoms with Gasteiger partial charge < -0.3 is 14.3 Å². The molecule has 1 aromatic carbocycles. The maximum atomic E-state index is 5.50. The molecule has 4 nitrogen and oxygen atoms in total. The summed E-state index contributed by atoms with van der Waals surface area (Å²) >= 11 is 0. The van der Waals surface area contributed by atoms with Gasteiger partial charge in [0.05, 0.1) is 20.8 Å². The van der Waals surface area contributed by atoms with Gasteiger partial charge >= 0.3 is 0 Å². The van der Waals surface area contributed by atoms with Gasteiger partial charge in [0.15, 0.2) is 11.5 Å². The van der Waals surface area contributed by atoms with Crippen LogP contribution in [0.5, 0.6) is 11.5 Å². The van der Waals surface area contributed by atoms with E-state index in [1.165, 1.54) is 5.56 Å². The number of fused-ring (bicyclic) bond motifs is 1. The summed E-state index contributed by atoms with van der Waals surface area (Å²) in [6, 6.07) is 4.09. The summed E-state index contributed by atoms with van der Waals surface area (Å²) in [5.41, 5.74) is 5.16. The van der Waals surface area contributed by atoms with E-state index in [1.807, 2.05) is 6.07 Å². The third-order valence-electron chi connectivity index (χ3n) is 2.45. The Morgan fingerprint density at radius 3 is 3.00 bits per heavy atom. The zero-order valence-corrected chi connectivity index (χ0v) is 9.00. The van der Waals surface area contributed by atoms with Crippen molar-refractivity contribution < 1.29 is 14.3 Å². The second-order valence-electron chi connectivity index (χ2n) is 3.41. The minimum absolute atomic E-state index is 0.667. The van der Waals surface area contributed by atoms with E-state index >= 15 is 0 Å². The monoisotopic (exact) mass is 209 g/mol. The van der Waals surface area contributed by atoms with Crippen LogP contribution in [0.4, 0.5) is 0 Å². The Labute approximate surface area is 89.1 Å². The summed E-state index contributed by atoms with van der Waals surface area (Å²) in [7, 11) is 3.26. The fraction of sp³-hybridized carbons (Fsp3) is 0.455. The summed E-state index contributed by atoms with van der Waals surface area (Å²) < 4.78 is 10.8. The smallest absolute Gasteiger partial charge is 0.164 e. The highest BCUT2D eigenvalue weighted by atomic mass is 16.6. The first-order valence-electron chi connectivity index (χ1n) is 4.93. The van der Waals surface area contributed by atoms with Crippen LogP contribution >= 0.6 is 0 Å². The maximum Gasteiger partial charge on any atom is 0.164 e. The van der Waals surface area contributed by atoms with E-state index < -0.39 is 0 Å². The first kappa shape index (κ1) is 10.3. The fourth-order valence-electron chi connectivity index (χ4n) is 1.74. The molecule has 1 N–H and O–H groups in total. The second-order valence-corrected chi connectivity index (χ2v) is 3.41. The fourth-order valence-corrected chi connectivity index (χ4v) is 1.74. The molecule has 0 amide bonds. The van der Waals surface area contributed by atoms with E-state index in [2.05, 4.69) is 11.5 Å². The van der Waals surface area contributed by atoms with Gasteiger partial charge in [-0.05, 0) is 11.6 Å². The molecule has 1 heterocycles. The van der Waals surface area contributed by atoms with Gasteiger partial charge in [0, 0.05) is 18.5 Å². The SMILES string of the molecule is CONCc1cc2c(c(OC)c1)OCC2. The molecule has 0 spiro atoms. The van der Waals surface area contributed by atoms with Gasteiger partial charge in [0.2, 0.25) is 0 Å². The van der Waals surface area contributed by atoms with E-state index in [9.17, 15) is 0 Å². The number of hydrogen-bond donors (Lipinski definition) is 1. The Morgan fingerprint density at radius 2 is 2.27 bits per heavy atom. The average molecular weight is 209 g/mol. The molecule has 82 valence electrons. The predicted octanol–water partition coefficient (Wildman–Crippen LogP) is 1.28. The zero-order chi connectivity index (χ0) is 10.7. The molecule has 0 aromatic heterocycles. The van der Waals surface area contributed by atoms with E-state index in [-0.39, 0.29) is 0 Å². The van der Waals surface area contributed by atoms with Gasteiger partial charge in [-0.25, -0.2) is 0 Å². The van der Waals surface area contributed by atoms with Gasteiger partial charge in [-0.3, -0.25) is 0 Å². The van der Waals surface area contributed by atoms with Crippen molar-refractivity contribution in [2.45, 2.75) is 13.0 Å². The molecule has 1 aromatic rings. The van der Waals surface area contributed by atoms with Crippen molar-refractivity contribution in [3.05, 3.63) is 23.3 Å². The Hall–Kier alpha value is -1.26. The Bertz CT molecular complexity index is 352. The van der Waals surface area contributed by atoms with Crippen LogP contribution in [0.1, 0.15) is 11.1 Å². The second kappa shape index (κ2) is 4.51. The van der Waals surface area contributed by atoms with Gasteiger partial charge in [-0.15, -0.1) is 0 Å². The van der Waals surface area contributed by atoms with Crippen LogP contribution in [0.2, 0.25) is 0 Å². The summed E-state index contributed by atoms with van der Waals surface area (Å²) in [4.78, 5) is 4.82. The number of methoxy groups -OCH3 is 1. The third kappa shape index (κ3) is 2.06. The van der Waals surface area contributed by atoms with Crippen molar-refractivity contribution in [2.75, 3.05) is 20.8 Å². The molecular weight excluding hydrogens is 194 g/mol. The van der Waals surface area contributed by atoms with E-state index in [0.717, 1.165) is 30.1 Å². The average Bonchev–Trinajstić information content (AvgIpc) is 2.73. The van der Waals surface area contributed by atoms with E-state index in [1.54, 1.807) is 14.2 Å². The van der Waals surface area contributed by atoms with Crippen LogP contribution in [0.25, 0.3) is 0 Å². The molecule has 0 aliphatic carbocycles. The van der Waals surface area contributed by atoms with Gasteiger partial charge in [0.25, 0.3) is 0 Å². The first-order valence-corrected chi connectivity index (χ1v) is 4.93. The lowest BCUT2D eigenvalue weighted by atomic mass is 10.1. The molecule has 4 heteroatoms. The summed E-state index contributed by atoms with van der Waals surface area (Å²) in [6.45, 7) is 1.41. The van der Waals surface area contributed by atoms with Crippen LogP contribution in [-0.2, 0) is 17.8 Å². The number of benzene rings is 1. The summed E-state index contributed by atoms with van der Waals surface area (Å²) in [5, 5.41) is 0. The van der Waals surface area contributed by atoms with Crippen LogP contribution in [0, 0.1) is 0 Å². The zero-order valence-electron chi connectivity index (χ0n) is 9.00.